The third-order valence-electron chi connectivity index (χ3n) is 1.85. The number of nitrogens with zero attached hydrogens (tertiary/aromatic N) is 1. The van der Waals surface area contributed by atoms with E-state index in [1.54, 1.807) is 0 Å². The van der Waals surface area contributed by atoms with Gasteiger partial charge in [-0.2, -0.15) is 0 Å². The van der Waals surface area contributed by atoms with E-state index < -0.39 is 0 Å². The van der Waals surface area contributed by atoms with Crippen LogP contribution in [0.5, 0.6) is 5.88 Å². The molecular formula is C9H16N2O. The Hall–Kier alpha value is -0.990. The number of rotatable bonds is 0. The number of nitrogens with one attached hydrogen (secondary N) is 1. The lowest BCUT2D eigenvalue weighted by atomic mass is 10.1. The third kappa shape index (κ3) is 1.60. The van der Waals surface area contributed by atoms with E-state index >= 15 is 0 Å². The summed E-state index contributed by atoms with van der Waals surface area (Å²) in [6.45, 7) is 6.85. The van der Waals surface area contributed by atoms with Crippen molar-refractivity contribution >= 4 is 0 Å². The standard InChI is InChI=1S/C7H10N2O.C2H6/c1-5-6-3-2-4-10-7(6)9-8-5;1-2/h2-4H2,1H3,(H,8,9);1-2H3. The van der Waals surface area contributed by atoms with Gasteiger partial charge in [0.25, 0.3) is 0 Å². The third-order valence-corrected chi connectivity index (χ3v) is 1.85. The maximum Gasteiger partial charge on any atom is 0.236 e. The first-order chi connectivity index (χ1) is 5.88. The number of fused-ring (bicyclic) bond motifs is 1. The molecule has 0 fully saturated rings. The summed E-state index contributed by atoms with van der Waals surface area (Å²) in [5.74, 6) is 0.809. The van der Waals surface area contributed by atoms with Crippen LogP contribution in [0, 0.1) is 6.92 Å². The molecule has 0 unspecified atom stereocenters. The van der Waals surface area contributed by atoms with Crippen LogP contribution in [-0.4, -0.2) is 16.8 Å². The molecule has 68 valence electrons. The summed E-state index contributed by atoms with van der Waals surface area (Å²) < 4.78 is 5.30. The van der Waals surface area contributed by atoms with Crippen LogP contribution < -0.4 is 4.74 Å². The summed E-state index contributed by atoms with van der Waals surface area (Å²) in [5, 5.41) is 6.91. The van der Waals surface area contributed by atoms with E-state index in [1.165, 1.54) is 5.56 Å². The molecule has 0 amide bonds. The van der Waals surface area contributed by atoms with Crippen molar-refractivity contribution in [3.05, 3.63) is 11.3 Å². The first-order valence-electron chi connectivity index (χ1n) is 4.54. The molecule has 1 aromatic rings. The normalized spacial score (nSPS) is 13.9. The second-order valence-electron chi connectivity index (χ2n) is 2.58. The lowest BCUT2D eigenvalue weighted by Gasteiger charge is -2.10. The van der Waals surface area contributed by atoms with Crippen LogP contribution in [0.15, 0.2) is 0 Å². The van der Waals surface area contributed by atoms with Gasteiger partial charge in [-0.1, -0.05) is 13.8 Å². The van der Waals surface area contributed by atoms with Gasteiger partial charge in [0.05, 0.1) is 6.61 Å². The largest absolute Gasteiger partial charge is 0.476 e. The van der Waals surface area contributed by atoms with E-state index in [2.05, 4.69) is 10.2 Å². The van der Waals surface area contributed by atoms with Gasteiger partial charge in [-0.15, -0.1) is 5.10 Å². The number of aromatic amines is 1. The average molecular weight is 168 g/mol. The Morgan fingerprint density at radius 1 is 1.42 bits per heavy atom. The minimum absolute atomic E-state index is 0.809. The molecule has 3 nitrogen and oxygen atoms in total. The van der Waals surface area contributed by atoms with E-state index in [1.807, 2.05) is 20.8 Å². The Morgan fingerprint density at radius 3 is 2.83 bits per heavy atom. The van der Waals surface area contributed by atoms with E-state index in [9.17, 15) is 0 Å². The number of ether oxygens (including phenoxy) is 1. The summed E-state index contributed by atoms with van der Waals surface area (Å²) in [4.78, 5) is 0. The van der Waals surface area contributed by atoms with Crippen molar-refractivity contribution in [3.8, 4) is 5.88 Å². The van der Waals surface area contributed by atoms with Gasteiger partial charge in [-0.3, -0.25) is 5.10 Å². The highest BCUT2D eigenvalue weighted by atomic mass is 16.5. The van der Waals surface area contributed by atoms with Gasteiger partial charge in [0, 0.05) is 11.3 Å². The lowest BCUT2D eigenvalue weighted by molar-refractivity contribution is 0.277. The van der Waals surface area contributed by atoms with E-state index in [0.717, 1.165) is 31.0 Å². The number of hydrogen-bond donors (Lipinski definition) is 1. The topological polar surface area (TPSA) is 37.9 Å². The first kappa shape index (κ1) is 9.10. The Morgan fingerprint density at radius 2 is 2.17 bits per heavy atom. The van der Waals surface area contributed by atoms with Crippen molar-refractivity contribution in [2.24, 2.45) is 0 Å². The van der Waals surface area contributed by atoms with Crippen molar-refractivity contribution in [1.82, 2.24) is 10.2 Å². The Kier molecular flexibility index (Phi) is 3.14. The molecule has 0 spiro atoms. The molecule has 0 aromatic carbocycles. The second-order valence-corrected chi connectivity index (χ2v) is 2.58. The van der Waals surface area contributed by atoms with Gasteiger partial charge in [0.15, 0.2) is 0 Å². The molecule has 0 aliphatic carbocycles. The highest BCUT2D eigenvalue weighted by Crippen LogP contribution is 2.23. The molecular weight excluding hydrogens is 152 g/mol. The molecule has 1 aromatic heterocycles. The van der Waals surface area contributed by atoms with Crippen molar-refractivity contribution in [1.29, 1.82) is 0 Å². The molecule has 0 bridgehead atoms. The van der Waals surface area contributed by atoms with Crippen molar-refractivity contribution < 1.29 is 4.74 Å². The van der Waals surface area contributed by atoms with Crippen LogP contribution in [0.4, 0.5) is 0 Å². The van der Waals surface area contributed by atoms with Crippen LogP contribution in [0.25, 0.3) is 0 Å². The van der Waals surface area contributed by atoms with Gasteiger partial charge in [0.1, 0.15) is 0 Å². The lowest BCUT2D eigenvalue weighted by Crippen LogP contribution is -2.07. The molecule has 1 N–H and O–H groups in total. The molecule has 1 aliphatic rings. The fraction of sp³-hybridized carbons (Fsp3) is 0.667. The molecule has 3 heteroatoms. The van der Waals surface area contributed by atoms with Crippen LogP contribution in [-0.2, 0) is 6.42 Å². The minimum atomic E-state index is 0.809. The Bertz CT molecular complexity index is 243. The number of aromatic nitrogens is 2. The zero-order chi connectivity index (χ0) is 8.97. The highest BCUT2D eigenvalue weighted by molar-refractivity contribution is 5.30. The van der Waals surface area contributed by atoms with Crippen molar-refractivity contribution in [3.63, 3.8) is 0 Å². The maximum atomic E-state index is 5.30. The molecule has 0 saturated heterocycles. The van der Waals surface area contributed by atoms with Crippen LogP contribution in [0.3, 0.4) is 0 Å². The quantitative estimate of drug-likeness (QED) is 0.644. The predicted octanol–water partition coefficient (Wildman–Crippen LogP) is 2.07. The van der Waals surface area contributed by atoms with Crippen molar-refractivity contribution in [2.45, 2.75) is 33.6 Å². The average Bonchev–Trinajstić information content (AvgIpc) is 2.53. The number of hydrogen-bond acceptors (Lipinski definition) is 2. The van der Waals surface area contributed by atoms with Gasteiger partial charge < -0.3 is 4.74 Å². The summed E-state index contributed by atoms with van der Waals surface area (Å²) in [7, 11) is 0. The predicted molar refractivity (Wildman–Crippen MR) is 48.5 cm³/mol. The van der Waals surface area contributed by atoms with Crippen LogP contribution in [0.1, 0.15) is 31.5 Å². The SMILES string of the molecule is CC.Cc1[nH]nc2c1CCCO2. The summed E-state index contributed by atoms with van der Waals surface area (Å²) in [6, 6.07) is 0. The number of aryl methyl sites for hydroxylation is 1. The Labute approximate surface area is 73.1 Å². The van der Waals surface area contributed by atoms with Gasteiger partial charge >= 0.3 is 0 Å². The molecule has 0 radical (unpaired) electrons. The molecule has 0 atom stereocenters. The van der Waals surface area contributed by atoms with Gasteiger partial charge in [0.2, 0.25) is 5.88 Å². The smallest absolute Gasteiger partial charge is 0.236 e. The molecule has 2 rings (SSSR count). The maximum absolute atomic E-state index is 5.30. The summed E-state index contributed by atoms with van der Waals surface area (Å²) in [5.41, 5.74) is 2.40. The van der Waals surface area contributed by atoms with Crippen LogP contribution in [0.2, 0.25) is 0 Å². The van der Waals surface area contributed by atoms with Crippen LogP contribution >= 0.6 is 0 Å². The first-order valence-corrected chi connectivity index (χ1v) is 4.54. The van der Waals surface area contributed by atoms with E-state index in [0.29, 0.717) is 0 Å². The molecule has 2 heterocycles. The van der Waals surface area contributed by atoms with Gasteiger partial charge in [-0.25, -0.2) is 0 Å². The fourth-order valence-electron chi connectivity index (χ4n) is 1.26. The highest BCUT2D eigenvalue weighted by Gasteiger charge is 2.14. The monoisotopic (exact) mass is 168 g/mol. The molecule has 0 saturated carbocycles. The molecule has 12 heavy (non-hydrogen) atoms. The second kappa shape index (κ2) is 4.14. The fourth-order valence-corrected chi connectivity index (χ4v) is 1.26. The van der Waals surface area contributed by atoms with Crippen molar-refractivity contribution in [2.75, 3.05) is 6.61 Å². The minimum Gasteiger partial charge on any atom is -0.476 e. The Balaban J connectivity index is 0.000000336. The van der Waals surface area contributed by atoms with E-state index in [-0.39, 0.29) is 0 Å². The summed E-state index contributed by atoms with van der Waals surface area (Å²) in [6.07, 6.45) is 2.23. The van der Waals surface area contributed by atoms with E-state index in [4.69, 9.17) is 4.74 Å². The molecule has 1 aliphatic heterocycles. The zero-order valence-electron chi connectivity index (χ0n) is 7.98. The van der Waals surface area contributed by atoms with Gasteiger partial charge in [-0.05, 0) is 19.8 Å². The summed E-state index contributed by atoms with van der Waals surface area (Å²) >= 11 is 0. The number of H-pyrrole nitrogens is 1. The zero-order valence-corrected chi connectivity index (χ0v) is 7.98.